The van der Waals surface area contributed by atoms with E-state index in [-0.39, 0.29) is 17.8 Å². The Balaban J connectivity index is 1.81. The molecular weight excluding hydrogens is 253 g/mol. The highest BCUT2D eigenvalue weighted by Gasteiger charge is 2.21. The Labute approximate surface area is 117 Å². The molecule has 1 aliphatic rings. The third-order valence-electron chi connectivity index (χ3n) is 3.76. The fourth-order valence-corrected chi connectivity index (χ4v) is 2.78. The number of carbonyl (C=O) groups excluding carboxylic acids is 1. The summed E-state index contributed by atoms with van der Waals surface area (Å²) in [6.45, 7) is 0. The zero-order chi connectivity index (χ0) is 13.9. The van der Waals surface area contributed by atoms with Gasteiger partial charge in [0, 0.05) is 5.56 Å². The normalized spacial score (nSPS) is 17.4. The Kier molecular flexibility index (Phi) is 3.50. The van der Waals surface area contributed by atoms with Gasteiger partial charge in [-0.25, -0.2) is 4.39 Å². The van der Waals surface area contributed by atoms with Crippen LogP contribution in [-0.2, 0) is 6.42 Å². The summed E-state index contributed by atoms with van der Waals surface area (Å²) >= 11 is 0. The van der Waals surface area contributed by atoms with E-state index in [9.17, 15) is 9.18 Å². The van der Waals surface area contributed by atoms with Crippen LogP contribution in [0, 0.1) is 5.82 Å². The molecule has 1 amide bonds. The summed E-state index contributed by atoms with van der Waals surface area (Å²) in [5.74, 6) is -0.604. The quantitative estimate of drug-likeness (QED) is 0.886. The number of benzene rings is 2. The minimum Gasteiger partial charge on any atom is -0.345 e. The van der Waals surface area contributed by atoms with Crippen LogP contribution >= 0.6 is 0 Å². The lowest BCUT2D eigenvalue weighted by molar-refractivity contribution is 0.0932. The van der Waals surface area contributed by atoms with E-state index in [2.05, 4.69) is 17.4 Å². The number of nitrogens with one attached hydrogen (secondary N) is 1. The molecule has 2 aromatic carbocycles. The van der Waals surface area contributed by atoms with Crippen molar-refractivity contribution in [2.75, 3.05) is 0 Å². The molecule has 0 radical (unpaired) electrons. The Bertz CT molecular complexity index is 638. The molecule has 0 bridgehead atoms. The molecule has 20 heavy (non-hydrogen) atoms. The Morgan fingerprint density at radius 2 is 2.00 bits per heavy atom. The topological polar surface area (TPSA) is 29.1 Å². The summed E-state index contributed by atoms with van der Waals surface area (Å²) < 4.78 is 13.2. The number of hydrogen-bond acceptors (Lipinski definition) is 1. The number of fused-ring (bicyclic) bond motifs is 1. The smallest absolute Gasteiger partial charge is 0.251 e. The second-order valence-corrected chi connectivity index (χ2v) is 5.13. The molecule has 1 atom stereocenters. The van der Waals surface area contributed by atoms with Crippen molar-refractivity contribution < 1.29 is 9.18 Å². The van der Waals surface area contributed by atoms with Crippen LogP contribution < -0.4 is 5.32 Å². The van der Waals surface area contributed by atoms with E-state index in [0.29, 0.717) is 5.56 Å². The molecule has 0 aliphatic heterocycles. The van der Waals surface area contributed by atoms with Gasteiger partial charge in [0.05, 0.1) is 6.04 Å². The van der Waals surface area contributed by atoms with Gasteiger partial charge in [-0.05, 0) is 48.6 Å². The van der Waals surface area contributed by atoms with Gasteiger partial charge >= 0.3 is 0 Å². The van der Waals surface area contributed by atoms with Gasteiger partial charge in [-0.3, -0.25) is 4.79 Å². The van der Waals surface area contributed by atoms with Crippen molar-refractivity contribution in [2.45, 2.75) is 25.3 Å². The molecule has 0 spiro atoms. The molecular formula is C17H16FNO. The first-order valence-electron chi connectivity index (χ1n) is 6.88. The maximum Gasteiger partial charge on any atom is 0.251 e. The van der Waals surface area contributed by atoms with Gasteiger partial charge in [-0.2, -0.15) is 0 Å². The van der Waals surface area contributed by atoms with Crippen LogP contribution in [0.5, 0.6) is 0 Å². The van der Waals surface area contributed by atoms with Crippen molar-refractivity contribution in [1.82, 2.24) is 5.32 Å². The number of carbonyl (C=O) groups is 1. The van der Waals surface area contributed by atoms with Gasteiger partial charge in [0.15, 0.2) is 0 Å². The molecule has 0 saturated heterocycles. The highest BCUT2D eigenvalue weighted by Crippen LogP contribution is 2.29. The van der Waals surface area contributed by atoms with Gasteiger partial charge in [0.2, 0.25) is 0 Å². The summed E-state index contributed by atoms with van der Waals surface area (Å²) in [6.07, 6.45) is 3.05. The molecule has 0 saturated carbocycles. The zero-order valence-electron chi connectivity index (χ0n) is 11.1. The van der Waals surface area contributed by atoms with Crippen molar-refractivity contribution >= 4 is 5.91 Å². The lowest BCUT2D eigenvalue weighted by Crippen LogP contribution is -2.31. The summed E-state index contributed by atoms with van der Waals surface area (Å²) in [5.41, 5.74) is 2.85. The third kappa shape index (κ3) is 2.57. The molecule has 0 aromatic heterocycles. The lowest BCUT2D eigenvalue weighted by Gasteiger charge is -2.26. The van der Waals surface area contributed by atoms with Crippen molar-refractivity contribution in [3.63, 3.8) is 0 Å². The summed E-state index contributed by atoms with van der Waals surface area (Å²) in [6, 6.07) is 14.0. The van der Waals surface area contributed by atoms with Gasteiger partial charge in [0.25, 0.3) is 5.91 Å². The standard InChI is InChI=1S/C17H16FNO/c18-14-8-3-7-13(11-14)17(20)19-16-10-4-6-12-5-1-2-9-15(12)16/h1-3,5,7-9,11,16H,4,6,10H2,(H,19,20)/t16-/m0/s1. The number of amides is 1. The number of aryl methyl sites for hydroxylation is 1. The van der Waals surface area contributed by atoms with E-state index < -0.39 is 0 Å². The van der Waals surface area contributed by atoms with Crippen LogP contribution in [0.2, 0.25) is 0 Å². The van der Waals surface area contributed by atoms with E-state index in [1.54, 1.807) is 12.1 Å². The van der Waals surface area contributed by atoms with Gasteiger partial charge < -0.3 is 5.32 Å². The van der Waals surface area contributed by atoms with Crippen LogP contribution in [0.4, 0.5) is 4.39 Å². The molecule has 2 nitrogen and oxygen atoms in total. The van der Waals surface area contributed by atoms with Gasteiger partial charge in [-0.1, -0.05) is 30.3 Å². The fraction of sp³-hybridized carbons (Fsp3) is 0.235. The molecule has 3 rings (SSSR count). The van der Waals surface area contributed by atoms with E-state index in [1.807, 2.05) is 12.1 Å². The van der Waals surface area contributed by atoms with Crippen molar-refractivity contribution in [3.8, 4) is 0 Å². The average Bonchev–Trinajstić information content (AvgIpc) is 2.47. The Morgan fingerprint density at radius 1 is 1.15 bits per heavy atom. The Morgan fingerprint density at radius 3 is 2.85 bits per heavy atom. The zero-order valence-corrected chi connectivity index (χ0v) is 11.1. The molecule has 0 heterocycles. The average molecular weight is 269 g/mol. The summed E-state index contributed by atoms with van der Waals surface area (Å²) in [7, 11) is 0. The first-order valence-corrected chi connectivity index (χ1v) is 6.88. The highest BCUT2D eigenvalue weighted by molar-refractivity contribution is 5.94. The predicted molar refractivity (Wildman–Crippen MR) is 76.0 cm³/mol. The van der Waals surface area contributed by atoms with Crippen molar-refractivity contribution in [2.24, 2.45) is 0 Å². The van der Waals surface area contributed by atoms with Gasteiger partial charge in [0.1, 0.15) is 5.82 Å². The number of halogens is 1. The van der Waals surface area contributed by atoms with Crippen LogP contribution in [0.3, 0.4) is 0 Å². The third-order valence-corrected chi connectivity index (χ3v) is 3.76. The van der Waals surface area contributed by atoms with Gasteiger partial charge in [-0.15, -0.1) is 0 Å². The van der Waals surface area contributed by atoms with Crippen LogP contribution in [0.15, 0.2) is 48.5 Å². The second kappa shape index (κ2) is 5.45. The van der Waals surface area contributed by atoms with E-state index in [0.717, 1.165) is 19.3 Å². The molecule has 0 unspecified atom stereocenters. The van der Waals surface area contributed by atoms with E-state index in [4.69, 9.17) is 0 Å². The Hall–Kier alpha value is -2.16. The summed E-state index contributed by atoms with van der Waals surface area (Å²) in [4.78, 5) is 12.2. The molecule has 3 heteroatoms. The van der Waals surface area contributed by atoms with E-state index >= 15 is 0 Å². The number of rotatable bonds is 2. The predicted octanol–water partition coefficient (Wildman–Crippen LogP) is 3.63. The molecule has 2 aromatic rings. The highest BCUT2D eigenvalue weighted by atomic mass is 19.1. The SMILES string of the molecule is O=C(N[C@H]1CCCc2ccccc21)c1cccc(F)c1. The fourth-order valence-electron chi connectivity index (χ4n) is 2.78. The largest absolute Gasteiger partial charge is 0.345 e. The lowest BCUT2D eigenvalue weighted by atomic mass is 9.87. The molecule has 1 N–H and O–H groups in total. The first kappa shape index (κ1) is 12.9. The maximum atomic E-state index is 13.2. The van der Waals surface area contributed by atoms with Crippen molar-refractivity contribution in [3.05, 3.63) is 71.0 Å². The monoisotopic (exact) mass is 269 g/mol. The number of hydrogen-bond donors (Lipinski definition) is 1. The van der Waals surface area contributed by atoms with E-state index in [1.165, 1.54) is 23.3 Å². The maximum absolute atomic E-state index is 13.2. The minimum atomic E-state index is -0.387. The minimum absolute atomic E-state index is 0.0238. The van der Waals surface area contributed by atoms with Crippen LogP contribution in [-0.4, -0.2) is 5.91 Å². The summed E-state index contributed by atoms with van der Waals surface area (Å²) in [5, 5.41) is 3.01. The molecule has 1 aliphatic carbocycles. The van der Waals surface area contributed by atoms with Crippen LogP contribution in [0.1, 0.15) is 40.4 Å². The first-order chi connectivity index (χ1) is 9.74. The van der Waals surface area contributed by atoms with Crippen molar-refractivity contribution in [1.29, 1.82) is 0 Å². The second-order valence-electron chi connectivity index (χ2n) is 5.13. The van der Waals surface area contributed by atoms with Crippen LogP contribution in [0.25, 0.3) is 0 Å². The molecule has 0 fully saturated rings. The molecule has 102 valence electrons.